The molecule has 0 bridgehead atoms. The Morgan fingerprint density at radius 2 is 1.96 bits per heavy atom. The van der Waals surface area contributed by atoms with Crippen LogP contribution in [0.15, 0.2) is 22.6 Å². The Bertz CT molecular complexity index is 945. The van der Waals surface area contributed by atoms with Gasteiger partial charge in [0.25, 0.3) is 0 Å². The smallest absolute Gasteiger partial charge is 0.306 e. The van der Waals surface area contributed by atoms with Crippen molar-refractivity contribution in [1.82, 2.24) is 8.61 Å². The molecular formula is C16H18N2O5S. The van der Waals surface area contributed by atoms with E-state index in [9.17, 15) is 18.0 Å². The quantitative estimate of drug-likeness (QED) is 0.783. The van der Waals surface area contributed by atoms with Crippen molar-refractivity contribution in [2.75, 3.05) is 20.1 Å². The fourth-order valence-electron chi connectivity index (χ4n) is 2.84. The first-order valence-corrected chi connectivity index (χ1v) is 8.91. The highest BCUT2D eigenvalue weighted by Crippen LogP contribution is 2.29. The molecule has 0 radical (unpaired) electrons. The van der Waals surface area contributed by atoms with Gasteiger partial charge < -0.3 is 4.42 Å². The van der Waals surface area contributed by atoms with Crippen LogP contribution in [0.1, 0.15) is 28.6 Å². The van der Waals surface area contributed by atoms with E-state index in [2.05, 4.69) is 0 Å². The lowest BCUT2D eigenvalue weighted by atomic mass is 10.0. The number of nitrogens with zero attached hydrogens (tertiary/aromatic N) is 2. The molecule has 0 N–H and O–H groups in total. The zero-order valence-electron chi connectivity index (χ0n) is 13.7. The normalized spacial score (nSPS) is 17.5. The van der Waals surface area contributed by atoms with E-state index in [1.165, 1.54) is 14.0 Å². The minimum Gasteiger partial charge on any atom is -0.453 e. The molecule has 1 fully saturated rings. The number of Topliss-reactive ketones (excluding diaryl/α,β-unsaturated/α-hetero) is 1. The Hall–Kier alpha value is -2.19. The molecule has 128 valence electrons. The molecule has 0 spiro atoms. The molecule has 1 saturated heterocycles. The van der Waals surface area contributed by atoms with Gasteiger partial charge in [-0.3, -0.25) is 9.59 Å². The first-order chi connectivity index (χ1) is 11.2. The molecule has 1 aliphatic heterocycles. The van der Waals surface area contributed by atoms with Crippen LogP contribution < -0.4 is 0 Å². The van der Waals surface area contributed by atoms with Crippen molar-refractivity contribution in [3.8, 4) is 0 Å². The number of likely N-dealkylation sites (N-methyl/N-ethyl adjacent to an activating group) is 1. The molecule has 7 nitrogen and oxygen atoms in total. The number of benzene rings is 1. The van der Waals surface area contributed by atoms with E-state index in [1.807, 2.05) is 13.0 Å². The van der Waals surface area contributed by atoms with Crippen LogP contribution >= 0.6 is 0 Å². The highest BCUT2D eigenvalue weighted by molar-refractivity contribution is 7.87. The van der Waals surface area contributed by atoms with E-state index in [0.717, 1.165) is 14.2 Å². The molecule has 1 aliphatic rings. The molecule has 24 heavy (non-hydrogen) atoms. The van der Waals surface area contributed by atoms with Gasteiger partial charge in [-0.05, 0) is 18.6 Å². The number of carbonyl (C=O) groups excluding carboxylic acids is 2. The molecule has 1 aromatic carbocycles. The van der Waals surface area contributed by atoms with Crippen molar-refractivity contribution < 1.29 is 22.4 Å². The standard InChI is InChI=1S/C16H18N2O5S/c1-10-4-5-12-13(16(11(2)19)23-14(12)8-10)9-15(20)18-7-6-17(3)24(18,21)22/h4-5,8H,6-7,9H2,1-3H3. The van der Waals surface area contributed by atoms with Crippen LogP contribution in [0.25, 0.3) is 11.0 Å². The summed E-state index contributed by atoms with van der Waals surface area (Å²) in [6.07, 6.45) is -0.196. The van der Waals surface area contributed by atoms with Crippen LogP contribution in [0.2, 0.25) is 0 Å². The first kappa shape index (κ1) is 16.7. The fraction of sp³-hybridized carbons (Fsp3) is 0.375. The van der Waals surface area contributed by atoms with Crippen LogP contribution in [0.4, 0.5) is 0 Å². The first-order valence-electron chi connectivity index (χ1n) is 7.51. The van der Waals surface area contributed by atoms with Gasteiger partial charge in [0.15, 0.2) is 11.5 Å². The molecule has 0 atom stereocenters. The topological polar surface area (TPSA) is 87.9 Å². The second-order valence-electron chi connectivity index (χ2n) is 5.94. The van der Waals surface area contributed by atoms with Crippen molar-refractivity contribution in [2.24, 2.45) is 0 Å². The van der Waals surface area contributed by atoms with E-state index in [0.29, 0.717) is 16.5 Å². The lowest BCUT2D eigenvalue weighted by Gasteiger charge is -2.15. The third kappa shape index (κ3) is 2.61. The maximum atomic E-state index is 12.5. The van der Waals surface area contributed by atoms with Crippen molar-refractivity contribution in [2.45, 2.75) is 20.3 Å². The number of fused-ring (bicyclic) bond motifs is 1. The highest BCUT2D eigenvalue weighted by Gasteiger charge is 2.37. The molecule has 0 unspecified atom stereocenters. The summed E-state index contributed by atoms with van der Waals surface area (Å²) in [5.74, 6) is -0.757. The summed E-state index contributed by atoms with van der Waals surface area (Å²) < 4.78 is 31.8. The maximum absolute atomic E-state index is 12.5. The second-order valence-corrected chi connectivity index (χ2v) is 7.90. The SMILES string of the molecule is CC(=O)c1oc2cc(C)ccc2c1CC(=O)N1CCN(C)S1(=O)=O. The van der Waals surface area contributed by atoms with Crippen LogP contribution in [-0.2, 0) is 21.4 Å². The summed E-state index contributed by atoms with van der Waals surface area (Å²) in [6, 6.07) is 5.43. The Morgan fingerprint density at radius 1 is 1.25 bits per heavy atom. The summed E-state index contributed by atoms with van der Waals surface area (Å²) in [7, 11) is -2.33. The third-order valence-corrected chi connectivity index (χ3v) is 6.08. The van der Waals surface area contributed by atoms with Gasteiger partial charge in [-0.15, -0.1) is 0 Å². The molecule has 2 heterocycles. The lowest BCUT2D eigenvalue weighted by Crippen LogP contribution is -2.36. The number of hydrogen-bond acceptors (Lipinski definition) is 5. The Morgan fingerprint density at radius 3 is 2.54 bits per heavy atom. The molecule has 3 rings (SSSR count). The van der Waals surface area contributed by atoms with Gasteiger partial charge >= 0.3 is 10.2 Å². The fourth-order valence-corrected chi connectivity index (χ4v) is 4.12. The molecule has 0 saturated carbocycles. The summed E-state index contributed by atoms with van der Waals surface area (Å²) in [5.41, 5.74) is 1.92. The molecular weight excluding hydrogens is 332 g/mol. The summed E-state index contributed by atoms with van der Waals surface area (Å²) in [4.78, 5) is 24.4. The number of ketones is 1. The minimum absolute atomic E-state index is 0.105. The van der Waals surface area contributed by atoms with E-state index in [1.54, 1.807) is 12.1 Å². The van der Waals surface area contributed by atoms with Crippen molar-refractivity contribution in [3.63, 3.8) is 0 Å². The summed E-state index contributed by atoms with van der Waals surface area (Å²) >= 11 is 0. The van der Waals surface area contributed by atoms with Gasteiger partial charge in [0, 0.05) is 31.5 Å². The van der Waals surface area contributed by atoms with Gasteiger partial charge in [-0.1, -0.05) is 12.1 Å². The van der Waals surface area contributed by atoms with E-state index in [-0.39, 0.29) is 31.1 Å². The number of furan rings is 1. The number of hydrogen-bond donors (Lipinski definition) is 0. The van der Waals surface area contributed by atoms with Gasteiger partial charge in [-0.2, -0.15) is 12.7 Å². The number of amides is 1. The average molecular weight is 350 g/mol. The van der Waals surface area contributed by atoms with Crippen LogP contribution in [0.5, 0.6) is 0 Å². The zero-order valence-corrected chi connectivity index (χ0v) is 14.5. The van der Waals surface area contributed by atoms with Crippen LogP contribution in [0.3, 0.4) is 0 Å². The lowest BCUT2D eigenvalue weighted by molar-refractivity contribution is -0.125. The summed E-state index contributed by atoms with van der Waals surface area (Å²) in [5, 5.41) is 0.657. The average Bonchev–Trinajstić information content (AvgIpc) is 2.97. The minimum atomic E-state index is -3.76. The Balaban J connectivity index is 2.02. The number of rotatable bonds is 3. The van der Waals surface area contributed by atoms with Crippen LogP contribution in [-0.4, -0.2) is 48.9 Å². The number of aryl methyl sites for hydroxylation is 1. The maximum Gasteiger partial charge on any atom is 0.306 e. The van der Waals surface area contributed by atoms with Crippen molar-refractivity contribution >= 4 is 32.9 Å². The highest BCUT2D eigenvalue weighted by atomic mass is 32.2. The molecule has 1 amide bonds. The van der Waals surface area contributed by atoms with E-state index in [4.69, 9.17) is 4.42 Å². The van der Waals surface area contributed by atoms with Gasteiger partial charge in [-0.25, -0.2) is 4.31 Å². The van der Waals surface area contributed by atoms with E-state index >= 15 is 0 Å². The number of carbonyl (C=O) groups is 2. The largest absolute Gasteiger partial charge is 0.453 e. The third-order valence-electron chi connectivity index (χ3n) is 4.16. The molecule has 2 aromatic rings. The van der Waals surface area contributed by atoms with Crippen molar-refractivity contribution in [1.29, 1.82) is 0 Å². The molecule has 0 aliphatic carbocycles. The predicted octanol–water partition coefficient (Wildman–Crippen LogP) is 1.51. The monoisotopic (exact) mass is 350 g/mol. The summed E-state index contributed by atoms with van der Waals surface area (Å²) in [6.45, 7) is 3.63. The Kier molecular flexibility index (Phi) is 3.97. The van der Waals surface area contributed by atoms with Gasteiger partial charge in [0.05, 0.1) is 13.0 Å². The van der Waals surface area contributed by atoms with Gasteiger partial charge in [0.2, 0.25) is 5.91 Å². The van der Waals surface area contributed by atoms with E-state index < -0.39 is 16.1 Å². The van der Waals surface area contributed by atoms with Gasteiger partial charge in [0.1, 0.15) is 5.58 Å². The zero-order chi connectivity index (χ0) is 17.6. The molecule has 1 aromatic heterocycles. The Labute approximate surface area is 140 Å². The van der Waals surface area contributed by atoms with Crippen LogP contribution in [0, 0.1) is 6.92 Å². The second kappa shape index (κ2) is 5.71. The molecule has 8 heteroatoms. The van der Waals surface area contributed by atoms with Crippen molar-refractivity contribution in [3.05, 3.63) is 35.1 Å². The predicted molar refractivity (Wildman–Crippen MR) is 87.9 cm³/mol.